The maximum atomic E-state index is 13.1. The number of hydrogen-bond donors (Lipinski definition) is 1. The number of nitrogens with one attached hydrogen (secondary N) is 1. The van der Waals surface area contributed by atoms with E-state index >= 15 is 0 Å². The minimum Gasteiger partial charge on any atom is -0.488 e. The molecule has 0 heterocycles. The van der Waals surface area contributed by atoms with Crippen LogP contribution in [0.15, 0.2) is 95.9 Å². The molecule has 0 saturated heterocycles. The Kier molecular flexibility index (Phi) is 6.95. The van der Waals surface area contributed by atoms with Gasteiger partial charge < -0.3 is 10.1 Å². The normalized spacial score (nSPS) is 11.5. The molecule has 4 aromatic rings. The molecule has 7 heteroatoms. The van der Waals surface area contributed by atoms with Crippen LogP contribution in [0.25, 0.3) is 10.8 Å². The molecule has 0 radical (unpaired) electrons. The van der Waals surface area contributed by atoms with Crippen molar-refractivity contribution in [1.82, 2.24) is 9.62 Å². The molecule has 0 atom stereocenters. The van der Waals surface area contributed by atoms with E-state index in [-0.39, 0.29) is 17.4 Å². The summed E-state index contributed by atoms with van der Waals surface area (Å²) in [6, 6.07) is 27.7. The zero-order chi connectivity index (χ0) is 24.1. The summed E-state index contributed by atoms with van der Waals surface area (Å²) in [7, 11) is -0.565. The Labute approximate surface area is 199 Å². The molecule has 0 spiro atoms. The van der Waals surface area contributed by atoms with Crippen molar-refractivity contribution in [2.45, 2.75) is 18.0 Å². The van der Waals surface area contributed by atoms with E-state index < -0.39 is 10.0 Å². The fourth-order valence-corrected chi connectivity index (χ4v) is 4.53. The molecule has 6 nitrogen and oxygen atoms in total. The van der Waals surface area contributed by atoms with Crippen molar-refractivity contribution >= 4 is 26.7 Å². The molecule has 0 fully saturated rings. The minimum atomic E-state index is -3.55. The molecular formula is C27H26N2O4S. The molecule has 0 aromatic heterocycles. The van der Waals surface area contributed by atoms with E-state index in [1.165, 1.54) is 18.4 Å². The lowest BCUT2D eigenvalue weighted by Gasteiger charge is -2.15. The van der Waals surface area contributed by atoms with E-state index in [1.54, 1.807) is 24.3 Å². The third-order valence-electron chi connectivity index (χ3n) is 5.46. The summed E-state index contributed by atoms with van der Waals surface area (Å²) in [5, 5.41) is 4.83. The van der Waals surface area contributed by atoms with Crippen molar-refractivity contribution in [1.29, 1.82) is 0 Å². The van der Waals surface area contributed by atoms with Gasteiger partial charge in [0.2, 0.25) is 10.0 Å². The number of nitrogens with zero attached hydrogens (tertiary/aromatic N) is 1. The van der Waals surface area contributed by atoms with E-state index in [4.69, 9.17) is 4.74 Å². The molecule has 0 aliphatic heterocycles. The quantitative estimate of drug-likeness (QED) is 0.405. The summed E-state index contributed by atoms with van der Waals surface area (Å²) in [4.78, 5) is 13.3. The second-order valence-electron chi connectivity index (χ2n) is 8.09. The number of rotatable bonds is 8. The third kappa shape index (κ3) is 5.27. The highest BCUT2D eigenvalue weighted by molar-refractivity contribution is 7.89. The van der Waals surface area contributed by atoms with Crippen LogP contribution in [0, 0.1) is 0 Å². The number of ether oxygens (including phenoxy) is 1. The summed E-state index contributed by atoms with van der Waals surface area (Å²) in [5.74, 6) is 0.193. The highest BCUT2D eigenvalue weighted by Gasteiger charge is 2.18. The second-order valence-corrected chi connectivity index (χ2v) is 10.2. The van der Waals surface area contributed by atoms with E-state index in [0.717, 1.165) is 16.3 Å². The van der Waals surface area contributed by atoms with Gasteiger partial charge in [-0.1, -0.05) is 66.7 Å². The Morgan fingerprint density at radius 1 is 0.824 bits per heavy atom. The van der Waals surface area contributed by atoms with Gasteiger partial charge in [0.1, 0.15) is 12.4 Å². The van der Waals surface area contributed by atoms with Crippen LogP contribution in [0.3, 0.4) is 0 Å². The van der Waals surface area contributed by atoms with Crippen LogP contribution in [-0.2, 0) is 23.2 Å². The van der Waals surface area contributed by atoms with Crippen LogP contribution < -0.4 is 10.1 Å². The van der Waals surface area contributed by atoms with E-state index in [1.807, 2.05) is 66.7 Å². The largest absolute Gasteiger partial charge is 0.488 e. The van der Waals surface area contributed by atoms with Crippen molar-refractivity contribution in [2.24, 2.45) is 0 Å². The molecule has 34 heavy (non-hydrogen) atoms. The van der Waals surface area contributed by atoms with Crippen molar-refractivity contribution in [3.63, 3.8) is 0 Å². The Bertz CT molecular complexity index is 1420. The van der Waals surface area contributed by atoms with E-state index in [2.05, 4.69) is 5.32 Å². The van der Waals surface area contributed by atoms with E-state index in [0.29, 0.717) is 23.4 Å². The first-order valence-electron chi connectivity index (χ1n) is 10.8. The molecule has 4 rings (SSSR count). The van der Waals surface area contributed by atoms with Gasteiger partial charge >= 0.3 is 0 Å². The Morgan fingerprint density at radius 3 is 2.18 bits per heavy atom. The third-order valence-corrected chi connectivity index (χ3v) is 7.27. The molecule has 1 N–H and O–H groups in total. The van der Waals surface area contributed by atoms with Crippen LogP contribution in [-0.4, -0.2) is 32.7 Å². The number of fused-ring (bicyclic) bond motifs is 1. The number of benzene rings is 4. The fraction of sp³-hybridized carbons (Fsp3) is 0.148. The smallest absolute Gasteiger partial charge is 0.255 e. The predicted octanol–water partition coefficient (Wildman–Crippen LogP) is 4.60. The van der Waals surface area contributed by atoms with Gasteiger partial charge in [-0.25, -0.2) is 12.7 Å². The molecule has 0 bridgehead atoms. The van der Waals surface area contributed by atoms with Crippen LogP contribution in [0.1, 0.15) is 21.5 Å². The Balaban J connectivity index is 1.60. The summed E-state index contributed by atoms with van der Waals surface area (Å²) >= 11 is 0. The van der Waals surface area contributed by atoms with Gasteiger partial charge in [0, 0.05) is 20.6 Å². The summed E-state index contributed by atoms with van der Waals surface area (Å²) in [6.07, 6.45) is 0. The Morgan fingerprint density at radius 2 is 1.47 bits per heavy atom. The topological polar surface area (TPSA) is 75.7 Å². The number of sulfonamides is 1. The van der Waals surface area contributed by atoms with Crippen molar-refractivity contribution in [2.75, 3.05) is 14.1 Å². The average Bonchev–Trinajstić information content (AvgIpc) is 2.86. The summed E-state index contributed by atoms with van der Waals surface area (Å²) < 4.78 is 32.2. The molecule has 0 saturated carbocycles. The van der Waals surface area contributed by atoms with Gasteiger partial charge in [-0.3, -0.25) is 4.79 Å². The van der Waals surface area contributed by atoms with Gasteiger partial charge in [0.25, 0.3) is 5.91 Å². The lowest BCUT2D eigenvalue weighted by Crippen LogP contribution is -2.23. The molecular weight excluding hydrogens is 448 g/mol. The van der Waals surface area contributed by atoms with Gasteiger partial charge in [-0.2, -0.15) is 0 Å². The molecule has 174 valence electrons. The number of hydrogen-bond acceptors (Lipinski definition) is 4. The van der Waals surface area contributed by atoms with Gasteiger partial charge in [0.15, 0.2) is 0 Å². The van der Waals surface area contributed by atoms with Crippen LogP contribution >= 0.6 is 0 Å². The van der Waals surface area contributed by atoms with Crippen LogP contribution in [0.5, 0.6) is 5.75 Å². The van der Waals surface area contributed by atoms with Crippen LogP contribution in [0.4, 0.5) is 0 Å². The summed E-state index contributed by atoms with van der Waals surface area (Å²) in [6.45, 7) is 0.518. The fourth-order valence-electron chi connectivity index (χ4n) is 3.56. The maximum Gasteiger partial charge on any atom is 0.255 e. The Hall–Kier alpha value is -3.68. The molecule has 1 amide bonds. The molecule has 0 unspecified atom stereocenters. The molecule has 4 aromatic carbocycles. The van der Waals surface area contributed by atoms with Crippen molar-refractivity contribution < 1.29 is 17.9 Å². The highest BCUT2D eigenvalue weighted by Crippen LogP contribution is 2.27. The van der Waals surface area contributed by atoms with Gasteiger partial charge in [-0.15, -0.1) is 0 Å². The first-order valence-corrected chi connectivity index (χ1v) is 12.3. The lowest BCUT2D eigenvalue weighted by molar-refractivity contribution is 0.0946. The van der Waals surface area contributed by atoms with Gasteiger partial charge in [0.05, 0.1) is 10.5 Å². The predicted molar refractivity (Wildman–Crippen MR) is 133 cm³/mol. The standard InChI is InChI=1S/C27H26N2O4S/c1-29(2)34(31,32)24-14-8-11-21(15-24)19-33-26-17-23-13-7-6-12-22(23)16-25(26)27(30)28-18-20-9-4-3-5-10-20/h3-17H,18-19H2,1-2H3,(H,28,30). The number of carbonyl (C=O) groups is 1. The molecule has 0 aliphatic rings. The number of amides is 1. The zero-order valence-electron chi connectivity index (χ0n) is 19.1. The lowest BCUT2D eigenvalue weighted by atomic mass is 10.0. The van der Waals surface area contributed by atoms with Crippen molar-refractivity contribution in [3.8, 4) is 5.75 Å². The minimum absolute atomic E-state index is 0.119. The first-order chi connectivity index (χ1) is 16.3. The first kappa shape index (κ1) is 23.5. The summed E-state index contributed by atoms with van der Waals surface area (Å²) in [5.41, 5.74) is 2.11. The van der Waals surface area contributed by atoms with Crippen LogP contribution in [0.2, 0.25) is 0 Å². The van der Waals surface area contributed by atoms with Gasteiger partial charge in [-0.05, 0) is 46.2 Å². The number of carbonyl (C=O) groups excluding carboxylic acids is 1. The zero-order valence-corrected chi connectivity index (χ0v) is 19.9. The second kappa shape index (κ2) is 10.1. The highest BCUT2D eigenvalue weighted by atomic mass is 32.2. The monoisotopic (exact) mass is 474 g/mol. The SMILES string of the molecule is CN(C)S(=O)(=O)c1cccc(COc2cc3ccccc3cc2C(=O)NCc2ccccc2)c1. The van der Waals surface area contributed by atoms with E-state index in [9.17, 15) is 13.2 Å². The molecule has 0 aliphatic carbocycles. The average molecular weight is 475 g/mol. The maximum absolute atomic E-state index is 13.1. The van der Waals surface area contributed by atoms with Crippen molar-refractivity contribution in [3.05, 3.63) is 108 Å².